The summed E-state index contributed by atoms with van der Waals surface area (Å²) < 4.78 is 29.0. The lowest BCUT2D eigenvalue weighted by Crippen LogP contribution is -2.20. The molecule has 3 nitrogen and oxygen atoms in total. The Hall–Kier alpha value is -1.27. The maximum atomic E-state index is 12.3. The zero-order chi connectivity index (χ0) is 13.9. The van der Waals surface area contributed by atoms with Crippen molar-refractivity contribution in [1.29, 1.82) is 0 Å². The number of hydrogen-bond acceptors (Lipinski definition) is 4. The van der Waals surface area contributed by atoms with Crippen LogP contribution in [0.1, 0.15) is 19.4 Å². The van der Waals surface area contributed by atoms with Crippen molar-refractivity contribution in [2.45, 2.75) is 31.8 Å². The van der Waals surface area contributed by atoms with E-state index in [1.165, 1.54) is 11.8 Å². The molecule has 0 bridgehead atoms. The van der Waals surface area contributed by atoms with Crippen LogP contribution in [-0.2, 0) is 10.6 Å². The zero-order valence-electron chi connectivity index (χ0n) is 10.7. The van der Waals surface area contributed by atoms with Crippen LogP contribution >= 0.6 is 11.8 Å². The minimum atomic E-state index is -2.81. The van der Waals surface area contributed by atoms with Gasteiger partial charge in [-0.3, -0.25) is 10.3 Å². The highest BCUT2D eigenvalue weighted by Gasteiger charge is 2.24. The molecule has 0 aliphatic carbocycles. The van der Waals surface area contributed by atoms with Gasteiger partial charge < -0.3 is 4.74 Å². The molecule has 0 radical (unpaired) electrons. The lowest BCUT2D eigenvalue weighted by atomic mass is 10.1. The molecule has 104 valence electrons. The van der Waals surface area contributed by atoms with Gasteiger partial charge in [-0.15, -0.1) is 11.8 Å². The Labute approximate surface area is 114 Å². The SMILES string of the molecule is CC1(C)C=C(SCc2ccccc2OC(F)F)NO1. The third-order valence-corrected chi connectivity index (χ3v) is 3.43. The summed E-state index contributed by atoms with van der Waals surface area (Å²) in [4.78, 5) is 5.32. The van der Waals surface area contributed by atoms with Crippen LogP contribution in [0.2, 0.25) is 0 Å². The van der Waals surface area contributed by atoms with Gasteiger partial charge in [-0.25, -0.2) is 0 Å². The van der Waals surface area contributed by atoms with E-state index in [2.05, 4.69) is 10.2 Å². The molecule has 1 aliphatic rings. The summed E-state index contributed by atoms with van der Waals surface area (Å²) in [5.74, 6) is 0.741. The third-order valence-electron chi connectivity index (χ3n) is 2.47. The van der Waals surface area contributed by atoms with Gasteiger partial charge in [-0.1, -0.05) is 18.2 Å². The molecule has 0 saturated heterocycles. The fraction of sp³-hybridized carbons (Fsp3) is 0.385. The summed E-state index contributed by atoms with van der Waals surface area (Å²) in [6.07, 6.45) is 1.95. The first-order valence-electron chi connectivity index (χ1n) is 5.79. The number of rotatable bonds is 5. The van der Waals surface area contributed by atoms with E-state index in [1.807, 2.05) is 19.9 Å². The van der Waals surface area contributed by atoms with Gasteiger partial charge >= 0.3 is 6.61 Å². The van der Waals surface area contributed by atoms with Crippen LogP contribution in [0.3, 0.4) is 0 Å². The predicted octanol–water partition coefficient (Wildman–Crippen LogP) is 3.68. The van der Waals surface area contributed by atoms with Gasteiger partial charge in [-0.2, -0.15) is 8.78 Å². The van der Waals surface area contributed by atoms with Crippen molar-refractivity contribution in [3.8, 4) is 5.75 Å². The van der Waals surface area contributed by atoms with E-state index in [0.717, 1.165) is 10.6 Å². The summed E-state index contributed by atoms with van der Waals surface area (Å²) >= 11 is 1.48. The number of thioether (sulfide) groups is 1. The molecule has 6 heteroatoms. The van der Waals surface area contributed by atoms with E-state index in [-0.39, 0.29) is 11.4 Å². The second-order valence-electron chi connectivity index (χ2n) is 4.59. The highest BCUT2D eigenvalue weighted by molar-refractivity contribution is 8.02. The molecule has 0 unspecified atom stereocenters. The second kappa shape index (κ2) is 5.79. The number of hydrogen-bond donors (Lipinski definition) is 1. The molecular formula is C13H15F2NO2S. The van der Waals surface area contributed by atoms with E-state index < -0.39 is 6.61 Å². The van der Waals surface area contributed by atoms with Crippen molar-refractivity contribution < 1.29 is 18.4 Å². The van der Waals surface area contributed by atoms with E-state index in [0.29, 0.717) is 5.75 Å². The quantitative estimate of drug-likeness (QED) is 0.895. The standard InChI is InChI=1S/C13H15F2NO2S/c1-13(2)7-11(16-18-13)19-8-9-5-3-4-6-10(9)17-12(14)15/h3-7,12,16H,8H2,1-2H3. The molecule has 0 saturated carbocycles. The molecule has 2 rings (SSSR count). The Balaban J connectivity index is 2.00. The molecule has 0 atom stereocenters. The summed E-state index contributed by atoms with van der Waals surface area (Å²) in [5, 5.41) is 0.872. The van der Waals surface area contributed by atoms with Crippen LogP contribution in [0.25, 0.3) is 0 Å². The molecule has 1 aromatic carbocycles. The monoisotopic (exact) mass is 287 g/mol. The van der Waals surface area contributed by atoms with Crippen LogP contribution in [0.4, 0.5) is 8.78 Å². The fourth-order valence-corrected chi connectivity index (χ4v) is 2.63. The number of halogens is 2. The Morgan fingerprint density at radius 2 is 2.11 bits per heavy atom. The number of para-hydroxylation sites is 1. The first-order chi connectivity index (χ1) is 8.96. The normalized spacial score (nSPS) is 17.2. The molecule has 0 aromatic heterocycles. The minimum Gasteiger partial charge on any atom is -0.435 e. The molecule has 1 N–H and O–H groups in total. The first kappa shape index (κ1) is 14.1. The van der Waals surface area contributed by atoms with Crippen LogP contribution in [0, 0.1) is 0 Å². The summed E-state index contributed by atoms with van der Waals surface area (Å²) in [5.41, 5.74) is 3.19. The molecule has 19 heavy (non-hydrogen) atoms. The van der Waals surface area contributed by atoms with E-state index in [9.17, 15) is 8.78 Å². The first-order valence-corrected chi connectivity index (χ1v) is 6.77. The summed E-state index contributed by atoms with van der Waals surface area (Å²) in [6, 6.07) is 6.78. The largest absolute Gasteiger partial charge is 0.435 e. The van der Waals surface area contributed by atoms with Gasteiger partial charge in [0.2, 0.25) is 0 Å². The maximum absolute atomic E-state index is 12.3. The highest BCUT2D eigenvalue weighted by atomic mass is 32.2. The van der Waals surface area contributed by atoms with Gasteiger partial charge in [0, 0.05) is 11.3 Å². The lowest BCUT2D eigenvalue weighted by Gasteiger charge is -2.11. The maximum Gasteiger partial charge on any atom is 0.387 e. The fourth-order valence-electron chi connectivity index (χ4n) is 1.62. The number of nitrogens with one attached hydrogen (secondary N) is 1. The van der Waals surface area contributed by atoms with Gasteiger partial charge in [0.1, 0.15) is 11.4 Å². The Morgan fingerprint density at radius 1 is 1.37 bits per heavy atom. The van der Waals surface area contributed by atoms with E-state index >= 15 is 0 Å². The number of hydroxylamine groups is 1. The summed E-state index contributed by atoms with van der Waals surface area (Å²) in [7, 11) is 0. The van der Waals surface area contributed by atoms with E-state index in [1.54, 1.807) is 24.3 Å². The molecular weight excluding hydrogens is 272 g/mol. The van der Waals surface area contributed by atoms with Crippen LogP contribution in [0.15, 0.2) is 35.4 Å². The average Bonchev–Trinajstić information content (AvgIpc) is 2.67. The Bertz CT molecular complexity index is 477. The van der Waals surface area contributed by atoms with Crippen molar-refractivity contribution in [3.05, 3.63) is 40.9 Å². The van der Waals surface area contributed by atoms with Gasteiger partial charge in [0.05, 0.1) is 5.03 Å². The average molecular weight is 287 g/mol. The van der Waals surface area contributed by atoms with E-state index in [4.69, 9.17) is 4.84 Å². The van der Waals surface area contributed by atoms with Crippen LogP contribution < -0.4 is 10.2 Å². The Morgan fingerprint density at radius 3 is 2.74 bits per heavy atom. The highest BCUT2D eigenvalue weighted by Crippen LogP contribution is 2.31. The minimum absolute atomic E-state index is 0.212. The summed E-state index contributed by atoms with van der Waals surface area (Å²) in [6.45, 7) is 1.06. The smallest absolute Gasteiger partial charge is 0.387 e. The molecule has 0 spiro atoms. The van der Waals surface area contributed by atoms with Gasteiger partial charge in [0.15, 0.2) is 0 Å². The third kappa shape index (κ3) is 4.11. The van der Waals surface area contributed by atoms with Crippen molar-refractivity contribution >= 4 is 11.8 Å². The second-order valence-corrected chi connectivity index (χ2v) is 5.61. The number of benzene rings is 1. The molecule has 1 heterocycles. The van der Waals surface area contributed by atoms with Crippen molar-refractivity contribution in [1.82, 2.24) is 5.48 Å². The van der Waals surface area contributed by atoms with Crippen LogP contribution in [-0.4, -0.2) is 12.2 Å². The number of alkyl halides is 2. The van der Waals surface area contributed by atoms with Gasteiger partial charge in [-0.05, 0) is 26.0 Å². The molecule has 1 aromatic rings. The van der Waals surface area contributed by atoms with Crippen molar-refractivity contribution in [2.24, 2.45) is 0 Å². The molecule has 0 fully saturated rings. The number of ether oxygens (including phenoxy) is 1. The zero-order valence-corrected chi connectivity index (χ0v) is 11.5. The molecule has 1 aliphatic heterocycles. The van der Waals surface area contributed by atoms with Crippen molar-refractivity contribution in [3.63, 3.8) is 0 Å². The van der Waals surface area contributed by atoms with Crippen molar-refractivity contribution in [2.75, 3.05) is 0 Å². The Kier molecular flexibility index (Phi) is 4.31. The topological polar surface area (TPSA) is 30.5 Å². The van der Waals surface area contributed by atoms with Crippen LogP contribution in [0.5, 0.6) is 5.75 Å². The molecule has 0 amide bonds. The van der Waals surface area contributed by atoms with Gasteiger partial charge in [0.25, 0.3) is 0 Å². The predicted molar refractivity (Wildman–Crippen MR) is 70.8 cm³/mol. The lowest BCUT2D eigenvalue weighted by molar-refractivity contribution is -0.0503.